The SMILES string of the molecule is CCCn1nc(NCc2nc(CC3CC3)no2)c2ccccc21. The molecule has 0 spiro atoms. The standard InChI is InChI=1S/C17H21N5O/c1-2-9-22-14-6-4-3-5-13(14)17(20-22)18-11-16-19-15(21-23-16)10-12-7-8-12/h3-6,12H,2,7-11H2,1H3,(H,18,20). The number of rotatable bonds is 7. The lowest BCUT2D eigenvalue weighted by Gasteiger charge is -1.99. The summed E-state index contributed by atoms with van der Waals surface area (Å²) in [6, 6.07) is 8.26. The second-order valence-electron chi connectivity index (χ2n) is 6.19. The van der Waals surface area contributed by atoms with Crippen LogP contribution in [0.3, 0.4) is 0 Å². The van der Waals surface area contributed by atoms with Gasteiger partial charge in [-0.05, 0) is 37.3 Å². The number of benzene rings is 1. The quantitative estimate of drug-likeness (QED) is 0.724. The van der Waals surface area contributed by atoms with Gasteiger partial charge in [0.15, 0.2) is 11.6 Å². The van der Waals surface area contributed by atoms with Gasteiger partial charge in [0.2, 0.25) is 5.89 Å². The highest BCUT2D eigenvalue weighted by molar-refractivity contribution is 5.90. The van der Waals surface area contributed by atoms with Gasteiger partial charge in [-0.15, -0.1) is 0 Å². The number of fused-ring (bicyclic) bond motifs is 1. The molecule has 6 heteroatoms. The first kappa shape index (κ1) is 14.2. The van der Waals surface area contributed by atoms with Crippen molar-refractivity contribution in [2.45, 2.75) is 45.7 Å². The number of para-hydroxylation sites is 1. The van der Waals surface area contributed by atoms with E-state index in [-0.39, 0.29) is 0 Å². The van der Waals surface area contributed by atoms with Crippen LogP contribution in [-0.4, -0.2) is 19.9 Å². The van der Waals surface area contributed by atoms with Crippen LogP contribution in [0.5, 0.6) is 0 Å². The van der Waals surface area contributed by atoms with Crippen molar-refractivity contribution in [2.75, 3.05) is 5.32 Å². The normalized spacial score (nSPS) is 14.5. The molecule has 23 heavy (non-hydrogen) atoms. The Labute approximate surface area is 134 Å². The molecule has 1 saturated carbocycles. The number of aromatic nitrogens is 4. The maximum Gasteiger partial charge on any atom is 0.245 e. The van der Waals surface area contributed by atoms with E-state index < -0.39 is 0 Å². The second kappa shape index (κ2) is 6.02. The molecule has 1 fully saturated rings. The molecule has 0 radical (unpaired) electrons. The van der Waals surface area contributed by atoms with Crippen LogP contribution in [0.2, 0.25) is 0 Å². The molecule has 2 heterocycles. The first-order valence-electron chi connectivity index (χ1n) is 8.34. The predicted molar refractivity (Wildman–Crippen MR) is 88.1 cm³/mol. The van der Waals surface area contributed by atoms with Gasteiger partial charge >= 0.3 is 0 Å². The van der Waals surface area contributed by atoms with Gasteiger partial charge in [0.1, 0.15) is 0 Å². The Kier molecular flexibility index (Phi) is 3.73. The molecule has 1 aliphatic carbocycles. The molecule has 0 unspecified atom stereocenters. The molecule has 3 aromatic rings. The topological polar surface area (TPSA) is 68.8 Å². The lowest BCUT2D eigenvalue weighted by atomic mass is 10.2. The third kappa shape index (κ3) is 3.06. The third-order valence-corrected chi connectivity index (χ3v) is 4.18. The molecule has 0 aliphatic heterocycles. The predicted octanol–water partition coefficient (Wildman–Crippen LogP) is 3.39. The van der Waals surface area contributed by atoms with Gasteiger partial charge in [-0.3, -0.25) is 4.68 Å². The summed E-state index contributed by atoms with van der Waals surface area (Å²) in [5.74, 6) is 3.08. The number of hydrogen-bond donors (Lipinski definition) is 1. The summed E-state index contributed by atoms with van der Waals surface area (Å²) in [7, 11) is 0. The van der Waals surface area contributed by atoms with Crippen LogP contribution >= 0.6 is 0 Å². The smallest absolute Gasteiger partial charge is 0.245 e. The Hall–Kier alpha value is -2.37. The van der Waals surface area contributed by atoms with Gasteiger partial charge in [-0.1, -0.05) is 24.2 Å². The number of hydrogen-bond acceptors (Lipinski definition) is 5. The van der Waals surface area contributed by atoms with E-state index in [0.29, 0.717) is 12.4 Å². The van der Waals surface area contributed by atoms with E-state index in [4.69, 9.17) is 4.52 Å². The monoisotopic (exact) mass is 311 g/mol. The van der Waals surface area contributed by atoms with E-state index in [1.807, 2.05) is 16.8 Å². The van der Waals surface area contributed by atoms with Crippen LogP contribution in [0.4, 0.5) is 5.82 Å². The summed E-state index contributed by atoms with van der Waals surface area (Å²) in [6.45, 7) is 3.57. The van der Waals surface area contributed by atoms with E-state index >= 15 is 0 Å². The lowest BCUT2D eigenvalue weighted by molar-refractivity contribution is 0.377. The van der Waals surface area contributed by atoms with Crippen molar-refractivity contribution in [3.8, 4) is 0 Å². The average Bonchev–Trinajstić information content (AvgIpc) is 3.15. The molecule has 0 saturated heterocycles. The fraction of sp³-hybridized carbons (Fsp3) is 0.471. The van der Waals surface area contributed by atoms with Gasteiger partial charge in [0.05, 0.1) is 12.1 Å². The molecule has 1 N–H and O–H groups in total. The van der Waals surface area contributed by atoms with E-state index in [9.17, 15) is 0 Å². The first-order chi connectivity index (χ1) is 11.3. The van der Waals surface area contributed by atoms with Crippen molar-refractivity contribution in [3.63, 3.8) is 0 Å². The largest absolute Gasteiger partial charge is 0.359 e. The van der Waals surface area contributed by atoms with Crippen LogP contribution in [0.15, 0.2) is 28.8 Å². The zero-order valence-corrected chi connectivity index (χ0v) is 13.3. The van der Waals surface area contributed by atoms with E-state index in [1.54, 1.807) is 0 Å². The molecular weight excluding hydrogens is 290 g/mol. The summed E-state index contributed by atoms with van der Waals surface area (Å²) in [5.41, 5.74) is 1.15. The molecule has 1 aliphatic rings. The molecule has 1 aromatic carbocycles. The third-order valence-electron chi connectivity index (χ3n) is 4.18. The van der Waals surface area contributed by atoms with Crippen molar-refractivity contribution in [2.24, 2.45) is 5.92 Å². The zero-order valence-electron chi connectivity index (χ0n) is 13.3. The van der Waals surface area contributed by atoms with Gasteiger partial charge in [0.25, 0.3) is 0 Å². The van der Waals surface area contributed by atoms with E-state index in [0.717, 1.165) is 47.8 Å². The van der Waals surface area contributed by atoms with Crippen LogP contribution < -0.4 is 5.32 Å². The summed E-state index contributed by atoms with van der Waals surface area (Å²) < 4.78 is 7.37. The Morgan fingerprint density at radius 3 is 3.00 bits per heavy atom. The maximum atomic E-state index is 5.32. The van der Waals surface area contributed by atoms with Crippen molar-refractivity contribution in [3.05, 3.63) is 36.0 Å². The summed E-state index contributed by atoms with van der Waals surface area (Å²) in [6.07, 6.45) is 4.59. The molecule has 0 amide bonds. The molecule has 6 nitrogen and oxygen atoms in total. The Morgan fingerprint density at radius 1 is 1.30 bits per heavy atom. The zero-order chi connectivity index (χ0) is 15.6. The van der Waals surface area contributed by atoms with Gasteiger partial charge in [-0.2, -0.15) is 10.1 Å². The van der Waals surface area contributed by atoms with E-state index in [1.165, 1.54) is 12.8 Å². The molecule has 0 atom stereocenters. The fourth-order valence-corrected chi connectivity index (χ4v) is 2.82. The van der Waals surface area contributed by atoms with E-state index in [2.05, 4.69) is 39.6 Å². The van der Waals surface area contributed by atoms with Crippen molar-refractivity contribution >= 4 is 16.7 Å². The highest BCUT2D eigenvalue weighted by Crippen LogP contribution is 2.31. The van der Waals surface area contributed by atoms with Crippen molar-refractivity contribution in [1.29, 1.82) is 0 Å². The molecule has 4 rings (SSSR count). The second-order valence-corrected chi connectivity index (χ2v) is 6.19. The maximum absolute atomic E-state index is 5.32. The number of nitrogens with one attached hydrogen (secondary N) is 1. The Balaban J connectivity index is 1.49. The highest BCUT2D eigenvalue weighted by atomic mass is 16.5. The minimum Gasteiger partial charge on any atom is -0.359 e. The van der Waals surface area contributed by atoms with Crippen molar-refractivity contribution < 1.29 is 4.52 Å². The number of anilines is 1. The Bertz CT molecular complexity index is 802. The van der Waals surface area contributed by atoms with Gasteiger partial charge in [0, 0.05) is 18.4 Å². The lowest BCUT2D eigenvalue weighted by Crippen LogP contribution is -2.03. The number of aryl methyl sites for hydroxylation is 1. The molecule has 0 bridgehead atoms. The summed E-state index contributed by atoms with van der Waals surface area (Å²) in [4.78, 5) is 4.45. The summed E-state index contributed by atoms with van der Waals surface area (Å²) >= 11 is 0. The number of nitrogens with zero attached hydrogens (tertiary/aromatic N) is 4. The van der Waals surface area contributed by atoms with Gasteiger partial charge in [-0.25, -0.2) is 0 Å². The average molecular weight is 311 g/mol. The van der Waals surface area contributed by atoms with Gasteiger partial charge < -0.3 is 9.84 Å². The van der Waals surface area contributed by atoms with Crippen LogP contribution in [0.1, 0.15) is 37.9 Å². The van der Waals surface area contributed by atoms with Crippen molar-refractivity contribution in [1.82, 2.24) is 19.9 Å². The van der Waals surface area contributed by atoms with Crippen LogP contribution in [0, 0.1) is 5.92 Å². The minimum atomic E-state index is 0.505. The molecular formula is C17H21N5O. The first-order valence-corrected chi connectivity index (χ1v) is 8.34. The fourth-order valence-electron chi connectivity index (χ4n) is 2.82. The van der Waals surface area contributed by atoms with Crippen LogP contribution in [-0.2, 0) is 19.5 Å². The Morgan fingerprint density at radius 2 is 2.17 bits per heavy atom. The molecule has 120 valence electrons. The van der Waals surface area contributed by atoms with Crippen LogP contribution in [0.25, 0.3) is 10.9 Å². The molecule has 2 aromatic heterocycles. The minimum absolute atomic E-state index is 0.505. The highest BCUT2D eigenvalue weighted by Gasteiger charge is 2.24. The summed E-state index contributed by atoms with van der Waals surface area (Å²) in [5, 5.41) is 13.2.